The van der Waals surface area contributed by atoms with Crippen LogP contribution in [0.2, 0.25) is 0 Å². The Balaban J connectivity index is 1.16. The predicted molar refractivity (Wildman–Crippen MR) is 139 cm³/mol. The van der Waals surface area contributed by atoms with Crippen LogP contribution in [-0.4, -0.2) is 95.4 Å². The summed E-state index contributed by atoms with van der Waals surface area (Å²) in [4.78, 5) is 45.6. The van der Waals surface area contributed by atoms with Crippen molar-refractivity contribution in [2.75, 3.05) is 18.9 Å². The first kappa shape index (κ1) is 32.4. The lowest BCUT2D eigenvalue weighted by molar-refractivity contribution is -0.761. The number of primary amides is 1. The van der Waals surface area contributed by atoms with Crippen LogP contribution in [0.15, 0.2) is 37.2 Å². The number of hydrogen-bond donors (Lipinski definition) is 7. The molecule has 0 spiro atoms. The first-order valence-corrected chi connectivity index (χ1v) is 15.6. The number of phosphoric ester groups is 2. The lowest BCUT2D eigenvalue weighted by Gasteiger charge is -2.26. The number of carbonyl (C=O) groups is 1. The summed E-state index contributed by atoms with van der Waals surface area (Å²) in [5.74, 6) is -0.682. The number of aliphatic hydroxyl groups is 3. The van der Waals surface area contributed by atoms with Crippen molar-refractivity contribution in [2.45, 2.75) is 49.0 Å². The zero-order valence-corrected chi connectivity index (χ0v) is 24.1. The van der Waals surface area contributed by atoms with E-state index in [1.807, 2.05) is 0 Å². The average molecular weight is 662 g/mol. The monoisotopic (exact) mass is 662 g/mol. The van der Waals surface area contributed by atoms with E-state index in [0.717, 1.165) is 6.33 Å². The molecule has 0 saturated carbocycles. The Hall–Kier alpha value is -3.01. The van der Waals surface area contributed by atoms with E-state index < -0.39 is 83.8 Å². The predicted octanol–water partition coefficient (Wildman–Crippen LogP) is -3.68. The second-order valence-corrected chi connectivity index (χ2v) is 12.8. The number of phosphoric acid groups is 2. The summed E-state index contributed by atoms with van der Waals surface area (Å²) in [7, 11) is -11.0. The molecule has 5 heterocycles. The Morgan fingerprint density at radius 3 is 2.52 bits per heavy atom. The number of nitrogens with two attached hydrogens (primary N) is 3. The highest BCUT2D eigenvalue weighted by Gasteiger charge is 2.48. The minimum absolute atomic E-state index is 0.0508. The van der Waals surface area contributed by atoms with E-state index in [2.05, 4.69) is 28.3 Å². The topological polar surface area (TPSA) is 327 Å². The molecule has 5 rings (SSSR count). The van der Waals surface area contributed by atoms with Gasteiger partial charge in [0.05, 0.1) is 19.5 Å². The van der Waals surface area contributed by atoms with Crippen molar-refractivity contribution in [3.63, 3.8) is 0 Å². The molecule has 2 unspecified atom stereocenters. The molecule has 1 amide bonds. The van der Waals surface area contributed by atoms with Crippen LogP contribution in [0.3, 0.4) is 0 Å². The van der Waals surface area contributed by atoms with Crippen LogP contribution in [0.1, 0.15) is 22.8 Å². The quantitative estimate of drug-likeness (QED) is 0.0767. The molecule has 3 aromatic heterocycles. The summed E-state index contributed by atoms with van der Waals surface area (Å²) in [5.41, 5.74) is 17.5. The number of imidazole rings is 1. The Bertz CT molecular complexity index is 1630. The Morgan fingerprint density at radius 1 is 1.09 bits per heavy atom. The number of hydrogen-bond acceptors (Lipinski definition) is 17. The van der Waals surface area contributed by atoms with Crippen LogP contribution in [0.25, 0.3) is 11.2 Å². The van der Waals surface area contributed by atoms with E-state index in [9.17, 15) is 39.0 Å². The van der Waals surface area contributed by atoms with Crippen molar-refractivity contribution in [3.8, 4) is 0 Å². The molecule has 2 saturated heterocycles. The second-order valence-electron chi connectivity index (χ2n) is 9.76. The second kappa shape index (κ2) is 12.4. The lowest BCUT2D eigenvalue weighted by atomic mass is 10.1. The SMILES string of the molecule is NC(=O)c1ccc[n+]([C@@H]2O[C@H](COP(=O)([O-])OP(=O)(O)OC[C@H]3O[C@@H](n4cnc5c(N)ncnc54)[C@H](O)[C@@H]3O)[C@@H](O)[C@H]2N)c1. The number of fused-ring (bicyclic) bond motifs is 1. The van der Waals surface area contributed by atoms with Crippen molar-refractivity contribution in [1.82, 2.24) is 19.5 Å². The van der Waals surface area contributed by atoms with Gasteiger partial charge in [-0.3, -0.25) is 18.5 Å². The molecule has 10 N–H and O–H groups in total. The van der Waals surface area contributed by atoms with E-state index in [4.69, 9.17) is 26.7 Å². The molecule has 240 valence electrons. The van der Waals surface area contributed by atoms with Gasteiger partial charge in [0.25, 0.3) is 20.0 Å². The number of pyridine rings is 1. The molecular weight excluding hydrogens is 634 g/mol. The minimum atomic E-state index is -5.58. The number of nitrogens with zero attached hydrogens (tertiary/aromatic N) is 5. The van der Waals surface area contributed by atoms with Gasteiger partial charge in [-0.05, 0) is 6.07 Å². The van der Waals surface area contributed by atoms with Gasteiger partial charge in [-0.1, -0.05) is 0 Å². The van der Waals surface area contributed by atoms with Crippen LogP contribution in [0, 0.1) is 0 Å². The summed E-state index contributed by atoms with van der Waals surface area (Å²) in [6, 6.07) is 1.81. The molecule has 0 aromatic carbocycles. The number of rotatable bonds is 11. The van der Waals surface area contributed by atoms with E-state index in [-0.39, 0.29) is 22.5 Å². The van der Waals surface area contributed by atoms with E-state index in [1.165, 1.54) is 40.0 Å². The molecular formula is C21H28N8O13P2. The number of aliphatic hydroxyl groups excluding tert-OH is 3. The van der Waals surface area contributed by atoms with Crippen molar-refractivity contribution < 1.29 is 66.4 Å². The van der Waals surface area contributed by atoms with Gasteiger partial charge in [-0.15, -0.1) is 0 Å². The third-order valence-corrected chi connectivity index (χ3v) is 9.39. The summed E-state index contributed by atoms with van der Waals surface area (Å²) in [5, 5.41) is 31.3. The highest BCUT2D eigenvalue weighted by Crippen LogP contribution is 2.58. The molecule has 2 aliphatic heterocycles. The third-order valence-electron chi connectivity index (χ3n) is 6.82. The number of anilines is 1. The summed E-state index contributed by atoms with van der Waals surface area (Å²) in [6.07, 6.45) is -4.67. The zero-order valence-electron chi connectivity index (χ0n) is 22.3. The van der Waals surface area contributed by atoms with Crippen molar-refractivity contribution in [3.05, 3.63) is 42.7 Å². The van der Waals surface area contributed by atoms with Crippen LogP contribution < -0.4 is 26.7 Å². The van der Waals surface area contributed by atoms with Gasteiger partial charge in [-0.25, -0.2) is 23.8 Å². The Morgan fingerprint density at radius 2 is 1.80 bits per heavy atom. The maximum absolute atomic E-state index is 12.4. The fraction of sp³-hybridized carbons (Fsp3) is 0.476. The Labute approximate surface area is 246 Å². The smallest absolute Gasteiger partial charge is 0.478 e. The van der Waals surface area contributed by atoms with E-state index in [0.29, 0.717) is 0 Å². The lowest BCUT2D eigenvalue weighted by Crippen LogP contribution is -2.50. The molecule has 2 fully saturated rings. The van der Waals surface area contributed by atoms with Crippen LogP contribution in [-0.2, 0) is 32.0 Å². The largest absolute Gasteiger partial charge is 0.756 e. The first-order valence-electron chi connectivity index (χ1n) is 12.7. The Kier molecular flexibility index (Phi) is 9.13. The molecule has 2 aliphatic rings. The minimum Gasteiger partial charge on any atom is -0.756 e. The van der Waals surface area contributed by atoms with Gasteiger partial charge in [0, 0.05) is 6.07 Å². The first-order chi connectivity index (χ1) is 20.7. The van der Waals surface area contributed by atoms with Gasteiger partial charge in [0.2, 0.25) is 0 Å². The van der Waals surface area contributed by atoms with Crippen LogP contribution in [0.4, 0.5) is 5.82 Å². The van der Waals surface area contributed by atoms with Crippen molar-refractivity contribution in [1.29, 1.82) is 0 Å². The molecule has 23 heteroatoms. The van der Waals surface area contributed by atoms with Gasteiger partial charge < -0.3 is 56.3 Å². The number of nitrogen functional groups attached to an aromatic ring is 1. The molecule has 3 aromatic rings. The fourth-order valence-electron chi connectivity index (χ4n) is 4.63. The molecule has 0 aliphatic carbocycles. The summed E-state index contributed by atoms with van der Waals surface area (Å²) < 4.78 is 52.0. The maximum atomic E-state index is 12.4. The number of aromatic nitrogens is 5. The molecule has 10 atom stereocenters. The zero-order chi connectivity index (χ0) is 32.0. The highest BCUT2D eigenvalue weighted by atomic mass is 31.3. The fourth-order valence-corrected chi connectivity index (χ4v) is 6.68. The number of ether oxygens (including phenoxy) is 2. The van der Waals surface area contributed by atoms with Crippen LogP contribution >= 0.6 is 15.6 Å². The summed E-state index contributed by atoms with van der Waals surface area (Å²) in [6.45, 7) is -1.79. The standard InChI is InChI=1S/C21H28N8O13P2/c22-12-14(30)10(40-20(12)28-3-1-2-9(4-28)18(24)33)5-38-43(34,35)42-44(36,37)39-6-11-15(31)16(32)21(41-11)29-8-27-13-17(23)25-7-26-19(13)29/h1-4,7-8,10-12,14-16,20-21,30-32H,5-6,22H2,(H5-,23,24,25,26,33,34,35,36,37)/t10-,11-,12-,14-,15-,16-,20-,21-/m1/s1. The van der Waals surface area contributed by atoms with Gasteiger partial charge >= 0.3 is 7.82 Å². The molecule has 0 bridgehead atoms. The van der Waals surface area contributed by atoms with Gasteiger partial charge in [-0.2, -0.15) is 4.57 Å². The van der Waals surface area contributed by atoms with Gasteiger partial charge in [0.1, 0.15) is 54.0 Å². The number of carbonyl (C=O) groups excluding carboxylic acids is 1. The molecule has 21 nitrogen and oxygen atoms in total. The normalized spacial score (nSPS) is 31.6. The molecule has 0 radical (unpaired) electrons. The highest BCUT2D eigenvalue weighted by molar-refractivity contribution is 7.60. The number of amides is 1. The third kappa shape index (κ3) is 6.65. The van der Waals surface area contributed by atoms with Gasteiger partial charge in [0.15, 0.2) is 30.1 Å². The molecule has 44 heavy (non-hydrogen) atoms. The summed E-state index contributed by atoms with van der Waals surface area (Å²) >= 11 is 0. The van der Waals surface area contributed by atoms with Crippen molar-refractivity contribution in [2.24, 2.45) is 11.5 Å². The van der Waals surface area contributed by atoms with Crippen molar-refractivity contribution >= 4 is 38.5 Å². The van der Waals surface area contributed by atoms with E-state index in [1.54, 1.807) is 0 Å². The van der Waals surface area contributed by atoms with E-state index >= 15 is 0 Å². The average Bonchev–Trinajstić information content (AvgIpc) is 3.61. The van der Waals surface area contributed by atoms with Crippen LogP contribution in [0.5, 0.6) is 0 Å². The maximum Gasteiger partial charge on any atom is 0.478 e.